The molecule has 0 radical (unpaired) electrons. The standard InChI is InChI=1S/C11H13BrN2O/c1-8(12)6-14-7-13-10-5-3-2-4-9(10)11(14)15/h7H,1-6H2. The lowest BCUT2D eigenvalue weighted by atomic mass is 9.97. The van der Waals surface area contributed by atoms with Crippen LogP contribution in [0.5, 0.6) is 0 Å². The molecular weight excluding hydrogens is 256 g/mol. The summed E-state index contributed by atoms with van der Waals surface area (Å²) in [7, 11) is 0. The molecular formula is C11H13BrN2O. The summed E-state index contributed by atoms with van der Waals surface area (Å²) in [4.78, 5) is 16.3. The molecule has 0 amide bonds. The van der Waals surface area contributed by atoms with Gasteiger partial charge in [0.05, 0.1) is 18.6 Å². The Hall–Kier alpha value is -0.900. The predicted molar refractivity (Wildman–Crippen MR) is 63.2 cm³/mol. The molecule has 0 fully saturated rings. The van der Waals surface area contributed by atoms with Crippen LogP contribution in [0.2, 0.25) is 0 Å². The molecule has 1 heterocycles. The van der Waals surface area contributed by atoms with Crippen molar-refractivity contribution in [3.05, 3.63) is 39.0 Å². The number of aryl methyl sites for hydroxylation is 1. The zero-order chi connectivity index (χ0) is 10.8. The summed E-state index contributed by atoms with van der Waals surface area (Å²) in [6.45, 7) is 4.23. The number of rotatable bonds is 2. The third-order valence-corrected chi connectivity index (χ3v) is 2.90. The van der Waals surface area contributed by atoms with Crippen LogP contribution in [0.1, 0.15) is 24.1 Å². The molecule has 4 heteroatoms. The summed E-state index contributed by atoms with van der Waals surface area (Å²) in [6, 6.07) is 0. The van der Waals surface area contributed by atoms with E-state index in [0.29, 0.717) is 6.54 Å². The number of hydrogen-bond donors (Lipinski definition) is 0. The molecule has 0 unspecified atom stereocenters. The number of hydrogen-bond acceptors (Lipinski definition) is 2. The first-order chi connectivity index (χ1) is 7.18. The summed E-state index contributed by atoms with van der Waals surface area (Å²) < 4.78 is 2.41. The molecule has 80 valence electrons. The lowest BCUT2D eigenvalue weighted by Crippen LogP contribution is -2.28. The van der Waals surface area contributed by atoms with Gasteiger partial charge in [0.15, 0.2) is 0 Å². The fraction of sp³-hybridized carbons (Fsp3) is 0.455. The van der Waals surface area contributed by atoms with Crippen LogP contribution < -0.4 is 5.56 Å². The first kappa shape index (κ1) is 10.6. The second-order valence-electron chi connectivity index (χ2n) is 3.83. The van der Waals surface area contributed by atoms with Crippen LogP contribution in [0.3, 0.4) is 0 Å². The monoisotopic (exact) mass is 268 g/mol. The average molecular weight is 269 g/mol. The lowest BCUT2D eigenvalue weighted by molar-refractivity contribution is 0.625. The van der Waals surface area contributed by atoms with Crippen LogP contribution in [0.4, 0.5) is 0 Å². The van der Waals surface area contributed by atoms with E-state index < -0.39 is 0 Å². The molecule has 1 aliphatic rings. The number of fused-ring (bicyclic) bond motifs is 1. The molecule has 15 heavy (non-hydrogen) atoms. The number of halogens is 1. The van der Waals surface area contributed by atoms with E-state index in [1.165, 1.54) is 0 Å². The first-order valence-corrected chi connectivity index (χ1v) is 5.88. The Balaban J connectivity index is 2.43. The zero-order valence-electron chi connectivity index (χ0n) is 8.50. The van der Waals surface area contributed by atoms with E-state index in [-0.39, 0.29) is 5.56 Å². The van der Waals surface area contributed by atoms with Gasteiger partial charge in [0.2, 0.25) is 0 Å². The van der Waals surface area contributed by atoms with Crippen LogP contribution in [0.15, 0.2) is 22.2 Å². The van der Waals surface area contributed by atoms with Crippen molar-refractivity contribution in [2.24, 2.45) is 0 Å². The lowest BCUT2D eigenvalue weighted by Gasteiger charge is -2.15. The number of allylic oxidation sites excluding steroid dienone is 1. The van der Waals surface area contributed by atoms with Crippen LogP contribution >= 0.6 is 15.9 Å². The van der Waals surface area contributed by atoms with Crippen molar-refractivity contribution >= 4 is 15.9 Å². The molecule has 0 saturated carbocycles. The van der Waals surface area contributed by atoms with Gasteiger partial charge in [0.1, 0.15) is 0 Å². The predicted octanol–water partition coefficient (Wildman–Crippen LogP) is 2.03. The van der Waals surface area contributed by atoms with Crippen molar-refractivity contribution in [1.82, 2.24) is 9.55 Å². The quantitative estimate of drug-likeness (QED) is 0.823. The minimum absolute atomic E-state index is 0.0975. The summed E-state index contributed by atoms with van der Waals surface area (Å²) in [6.07, 6.45) is 5.69. The van der Waals surface area contributed by atoms with E-state index in [1.807, 2.05) is 0 Å². The van der Waals surface area contributed by atoms with Crippen molar-refractivity contribution in [3.8, 4) is 0 Å². The van der Waals surface area contributed by atoms with Crippen LogP contribution in [0.25, 0.3) is 0 Å². The van der Waals surface area contributed by atoms with Crippen LogP contribution in [-0.4, -0.2) is 9.55 Å². The Morgan fingerprint density at radius 2 is 2.27 bits per heavy atom. The van der Waals surface area contributed by atoms with Gasteiger partial charge in [-0.15, -0.1) is 0 Å². The molecule has 0 aliphatic heterocycles. The van der Waals surface area contributed by atoms with Crippen molar-refractivity contribution in [3.63, 3.8) is 0 Å². The van der Waals surface area contributed by atoms with Gasteiger partial charge in [-0.1, -0.05) is 22.5 Å². The Kier molecular flexibility index (Phi) is 3.05. The van der Waals surface area contributed by atoms with Crippen molar-refractivity contribution in [2.75, 3.05) is 0 Å². The van der Waals surface area contributed by atoms with E-state index >= 15 is 0 Å². The molecule has 1 aliphatic carbocycles. The van der Waals surface area contributed by atoms with Gasteiger partial charge in [0.25, 0.3) is 5.56 Å². The normalized spacial score (nSPS) is 14.7. The topological polar surface area (TPSA) is 34.9 Å². The molecule has 2 rings (SSSR count). The number of aromatic nitrogens is 2. The van der Waals surface area contributed by atoms with E-state index in [9.17, 15) is 4.79 Å². The Morgan fingerprint density at radius 3 is 3.00 bits per heavy atom. The first-order valence-electron chi connectivity index (χ1n) is 5.09. The highest BCUT2D eigenvalue weighted by molar-refractivity contribution is 9.11. The van der Waals surface area contributed by atoms with Gasteiger partial charge in [-0.05, 0) is 25.7 Å². The minimum atomic E-state index is 0.0975. The van der Waals surface area contributed by atoms with Gasteiger partial charge in [-0.2, -0.15) is 0 Å². The Morgan fingerprint density at radius 1 is 1.53 bits per heavy atom. The molecule has 0 spiro atoms. The fourth-order valence-corrected chi connectivity index (χ4v) is 2.20. The third-order valence-electron chi connectivity index (χ3n) is 2.65. The van der Waals surface area contributed by atoms with E-state index in [0.717, 1.165) is 41.4 Å². The van der Waals surface area contributed by atoms with E-state index in [4.69, 9.17) is 0 Å². The maximum absolute atomic E-state index is 12.0. The average Bonchev–Trinajstić information content (AvgIpc) is 2.22. The molecule has 0 N–H and O–H groups in total. The van der Waals surface area contributed by atoms with Gasteiger partial charge < -0.3 is 0 Å². The van der Waals surface area contributed by atoms with E-state index in [2.05, 4.69) is 27.5 Å². The molecule has 1 aromatic heterocycles. The highest BCUT2D eigenvalue weighted by Gasteiger charge is 2.15. The zero-order valence-corrected chi connectivity index (χ0v) is 10.1. The molecule has 1 aromatic rings. The smallest absolute Gasteiger partial charge is 0.257 e. The molecule has 0 aromatic carbocycles. The minimum Gasteiger partial charge on any atom is -0.294 e. The maximum atomic E-state index is 12.0. The van der Waals surface area contributed by atoms with Gasteiger partial charge >= 0.3 is 0 Å². The maximum Gasteiger partial charge on any atom is 0.257 e. The molecule has 0 bridgehead atoms. The van der Waals surface area contributed by atoms with Gasteiger partial charge in [-0.25, -0.2) is 4.98 Å². The summed E-state index contributed by atoms with van der Waals surface area (Å²) in [5.41, 5.74) is 1.99. The van der Waals surface area contributed by atoms with Crippen LogP contribution in [-0.2, 0) is 19.4 Å². The van der Waals surface area contributed by atoms with Crippen molar-refractivity contribution in [1.29, 1.82) is 0 Å². The molecule has 0 atom stereocenters. The Bertz CT molecular complexity index is 450. The largest absolute Gasteiger partial charge is 0.294 e. The second kappa shape index (κ2) is 4.31. The van der Waals surface area contributed by atoms with Crippen LogP contribution in [0, 0.1) is 0 Å². The third kappa shape index (κ3) is 2.20. The number of nitrogens with zero attached hydrogens (tertiary/aromatic N) is 2. The van der Waals surface area contributed by atoms with Crippen molar-refractivity contribution < 1.29 is 0 Å². The molecule has 0 saturated heterocycles. The summed E-state index contributed by atoms with van der Waals surface area (Å²) in [5, 5.41) is 0. The van der Waals surface area contributed by atoms with Gasteiger partial charge in [0, 0.05) is 10.0 Å². The van der Waals surface area contributed by atoms with E-state index in [1.54, 1.807) is 10.9 Å². The SMILES string of the molecule is C=C(Br)Cn1cnc2c(c1=O)CCCC2. The van der Waals surface area contributed by atoms with Gasteiger partial charge in [-0.3, -0.25) is 9.36 Å². The second-order valence-corrected chi connectivity index (χ2v) is 4.95. The summed E-state index contributed by atoms with van der Waals surface area (Å²) in [5.74, 6) is 0. The highest BCUT2D eigenvalue weighted by atomic mass is 79.9. The summed E-state index contributed by atoms with van der Waals surface area (Å²) >= 11 is 3.26. The highest BCUT2D eigenvalue weighted by Crippen LogP contribution is 2.15. The molecule has 3 nitrogen and oxygen atoms in total. The Labute approximate surface area is 97.0 Å². The van der Waals surface area contributed by atoms with Crippen molar-refractivity contribution in [2.45, 2.75) is 32.2 Å². The fourth-order valence-electron chi connectivity index (χ4n) is 1.92.